The van der Waals surface area contributed by atoms with Crippen molar-refractivity contribution in [1.29, 1.82) is 0 Å². The van der Waals surface area contributed by atoms with Crippen LogP contribution in [0.2, 0.25) is 0 Å². The molecule has 1 amide bonds. The second kappa shape index (κ2) is 9.13. The Labute approximate surface area is 237 Å². The van der Waals surface area contributed by atoms with E-state index in [-0.39, 0.29) is 40.5 Å². The second-order valence-electron chi connectivity index (χ2n) is 12.9. The number of carbonyl (C=O) groups is 1. The molecule has 216 valence electrons. The molecule has 1 N–H and O–H groups in total. The van der Waals surface area contributed by atoms with E-state index in [1.165, 1.54) is 11.0 Å². The molecular weight excluding hydrogens is 529 g/mol. The third kappa shape index (κ3) is 4.13. The van der Waals surface area contributed by atoms with Crippen LogP contribution in [0.4, 0.5) is 18.9 Å². The van der Waals surface area contributed by atoms with Gasteiger partial charge in [-0.25, -0.2) is 0 Å². The maximum Gasteiger partial charge on any atom is 0.416 e. The number of anilines is 1. The SMILES string of the molecule is CC1CC(c2cccc(N3Cc4c(cc([C@@H](C)N5CCC6(CNC6)C5)cc4C(F)(F)F)C3=O)c2)(c2nncn2C)C1. The number of aryl methyl sites for hydroxylation is 1. The van der Waals surface area contributed by atoms with Crippen LogP contribution in [0.1, 0.15) is 77.6 Å². The Balaban J connectivity index is 1.23. The Hall–Kier alpha value is -3.24. The molecule has 7 nitrogen and oxygen atoms in total. The Morgan fingerprint density at radius 1 is 1.15 bits per heavy atom. The third-order valence-electron chi connectivity index (χ3n) is 10.1. The van der Waals surface area contributed by atoms with E-state index in [9.17, 15) is 18.0 Å². The van der Waals surface area contributed by atoms with Crippen LogP contribution in [-0.4, -0.2) is 51.8 Å². The molecule has 4 heterocycles. The van der Waals surface area contributed by atoms with Crippen molar-refractivity contribution in [3.05, 3.63) is 76.4 Å². The molecule has 1 aliphatic carbocycles. The molecule has 2 aromatic carbocycles. The second-order valence-corrected chi connectivity index (χ2v) is 12.9. The molecule has 10 heteroatoms. The predicted molar refractivity (Wildman–Crippen MR) is 148 cm³/mol. The number of aromatic nitrogens is 3. The molecule has 0 bridgehead atoms. The minimum atomic E-state index is -4.56. The predicted octanol–water partition coefficient (Wildman–Crippen LogP) is 5.07. The number of likely N-dealkylation sites (tertiary alicyclic amines) is 1. The van der Waals surface area contributed by atoms with Crippen LogP contribution < -0.4 is 10.2 Å². The number of fused-ring (bicyclic) bond motifs is 1. The van der Waals surface area contributed by atoms with Crippen LogP contribution in [0.15, 0.2) is 42.7 Å². The summed E-state index contributed by atoms with van der Waals surface area (Å²) in [5.74, 6) is 0.990. The van der Waals surface area contributed by atoms with Crippen molar-refractivity contribution in [3.63, 3.8) is 0 Å². The van der Waals surface area contributed by atoms with Crippen LogP contribution in [0.3, 0.4) is 0 Å². The minimum absolute atomic E-state index is 0.0604. The van der Waals surface area contributed by atoms with E-state index in [2.05, 4.69) is 27.3 Å². The number of hydrogen-bond donors (Lipinski definition) is 1. The van der Waals surface area contributed by atoms with E-state index in [1.54, 1.807) is 12.4 Å². The molecule has 41 heavy (non-hydrogen) atoms. The van der Waals surface area contributed by atoms with Crippen LogP contribution in [0.5, 0.6) is 0 Å². The van der Waals surface area contributed by atoms with Gasteiger partial charge in [-0.05, 0) is 79.6 Å². The summed E-state index contributed by atoms with van der Waals surface area (Å²) in [5, 5.41) is 11.8. The highest BCUT2D eigenvalue weighted by atomic mass is 19.4. The first-order valence-corrected chi connectivity index (χ1v) is 14.5. The molecule has 0 unspecified atom stereocenters. The molecule has 1 aromatic heterocycles. The van der Waals surface area contributed by atoms with Gasteiger partial charge in [0.1, 0.15) is 12.2 Å². The highest BCUT2D eigenvalue weighted by Gasteiger charge is 2.49. The van der Waals surface area contributed by atoms with Gasteiger partial charge in [0, 0.05) is 49.4 Å². The molecule has 0 radical (unpaired) electrons. The number of benzene rings is 2. The van der Waals surface area contributed by atoms with Crippen molar-refractivity contribution in [1.82, 2.24) is 25.0 Å². The van der Waals surface area contributed by atoms with Gasteiger partial charge in [0.15, 0.2) is 0 Å². The lowest BCUT2D eigenvalue weighted by Crippen LogP contribution is -2.54. The molecule has 3 aromatic rings. The van der Waals surface area contributed by atoms with Crippen molar-refractivity contribution < 1.29 is 18.0 Å². The quantitative estimate of drug-likeness (QED) is 0.469. The smallest absolute Gasteiger partial charge is 0.320 e. The van der Waals surface area contributed by atoms with Crippen LogP contribution in [0, 0.1) is 11.3 Å². The fourth-order valence-electron chi connectivity index (χ4n) is 7.78. The summed E-state index contributed by atoms with van der Waals surface area (Å²) >= 11 is 0. The Morgan fingerprint density at radius 2 is 1.93 bits per heavy atom. The van der Waals surface area contributed by atoms with E-state index in [0.717, 1.165) is 56.8 Å². The van der Waals surface area contributed by atoms with Crippen LogP contribution in [-0.2, 0) is 25.2 Å². The van der Waals surface area contributed by atoms with Gasteiger partial charge in [-0.2, -0.15) is 13.2 Å². The molecule has 1 saturated carbocycles. The van der Waals surface area contributed by atoms with Crippen molar-refractivity contribution in [2.24, 2.45) is 18.4 Å². The van der Waals surface area contributed by atoms with Crippen molar-refractivity contribution in [2.75, 3.05) is 31.1 Å². The lowest BCUT2D eigenvalue weighted by Gasteiger charge is -2.46. The lowest BCUT2D eigenvalue weighted by atomic mass is 9.58. The van der Waals surface area contributed by atoms with Gasteiger partial charge in [-0.1, -0.05) is 19.1 Å². The summed E-state index contributed by atoms with van der Waals surface area (Å²) in [6.07, 6.45) is -0.0414. The maximum absolute atomic E-state index is 14.4. The first-order chi connectivity index (χ1) is 19.5. The largest absolute Gasteiger partial charge is 0.416 e. The van der Waals surface area contributed by atoms with Gasteiger partial charge in [0.25, 0.3) is 5.91 Å². The Morgan fingerprint density at radius 3 is 2.54 bits per heavy atom. The number of nitrogens with zero attached hydrogens (tertiary/aromatic N) is 5. The normalized spacial score (nSPS) is 26.2. The molecule has 7 rings (SSSR count). The number of hydrogen-bond acceptors (Lipinski definition) is 5. The number of alkyl halides is 3. The maximum atomic E-state index is 14.4. The first kappa shape index (κ1) is 26.6. The standard InChI is InChI=1S/C31H35F3N6O/c1-19-12-30(13-19,28-37-36-18-38(28)3)22-5-4-6-23(11-22)40-14-25-24(27(40)41)9-21(10-26(25)31(32,33)34)20(2)39-8-7-29(17-39)15-35-16-29/h4-6,9-11,18-20,35H,7-8,12-17H2,1-3H3/t19?,20-,30?/m1/s1. The minimum Gasteiger partial charge on any atom is -0.320 e. The number of rotatable bonds is 5. The van der Waals surface area contributed by atoms with E-state index >= 15 is 0 Å². The van der Waals surface area contributed by atoms with E-state index in [4.69, 9.17) is 0 Å². The van der Waals surface area contributed by atoms with Gasteiger partial charge in [-0.3, -0.25) is 9.69 Å². The highest BCUT2D eigenvalue weighted by Crippen LogP contribution is 2.52. The molecule has 4 aliphatic rings. The van der Waals surface area contributed by atoms with Crippen LogP contribution >= 0.6 is 0 Å². The number of amides is 1. The summed E-state index contributed by atoms with van der Waals surface area (Å²) in [5.41, 5.74) is 1.57. The zero-order chi connectivity index (χ0) is 28.7. The summed E-state index contributed by atoms with van der Waals surface area (Å²) in [7, 11) is 1.92. The monoisotopic (exact) mass is 564 g/mol. The number of halogens is 3. The summed E-state index contributed by atoms with van der Waals surface area (Å²) in [6.45, 7) is 7.67. The zero-order valence-corrected chi connectivity index (χ0v) is 23.6. The molecule has 3 fully saturated rings. The first-order valence-electron chi connectivity index (χ1n) is 14.5. The zero-order valence-electron chi connectivity index (χ0n) is 23.6. The van der Waals surface area contributed by atoms with Crippen LogP contribution in [0.25, 0.3) is 0 Å². The van der Waals surface area contributed by atoms with E-state index in [1.807, 2.05) is 42.8 Å². The van der Waals surface area contributed by atoms with Crippen molar-refractivity contribution >= 4 is 11.6 Å². The number of carbonyl (C=O) groups excluding carboxylic acids is 1. The molecular formula is C31H35F3N6O. The van der Waals surface area contributed by atoms with Crippen molar-refractivity contribution in [3.8, 4) is 0 Å². The lowest BCUT2D eigenvalue weighted by molar-refractivity contribution is -0.138. The molecule has 1 atom stereocenters. The average molecular weight is 565 g/mol. The van der Waals surface area contributed by atoms with E-state index in [0.29, 0.717) is 17.2 Å². The summed E-state index contributed by atoms with van der Waals surface area (Å²) in [6, 6.07) is 10.5. The molecule has 3 aliphatic heterocycles. The summed E-state index contributed by atoms with van der Waals surface area (Å²) in [4.78, 5) is 17.6. The Bertz CT molecular complexity index is 1520. The van der Waals surface area contributed by atoms with Gasteiger partial charge >= 0.3 is 6.18 Å². The summed E-state index contributed by atoms with van der Waals surface area (Å²) < 4.78 is 45.3. The number of nitrogens with one attached hydrogen (secondary N) is 1. The van der Waals surface area contributed by atoms with Gasteiger partial charge < -0.3 is 14.8 Å². The van der Waals surface area contributed by atoms with Crippen molar-refractivity contribution in [2.45, 2.75) is 57.3 Å². The van der Waals surface area contributed by atoms with Gasteiger partial charge in [0.05, 0.1) is 17.5 Å². The molecule has 1 spiro atoms. The Kier molecular flexibility index (Phi) is 5.93. The molecule has 2 saturated heterocycles. The fraction of sp³-hybridized carbons (Fsp3) is 0.516. The highest BCUT2D eigenvalue weighted by molar-refractivity contribution is 6.10. The third-order valence-corrected chi connectivity index (χ3v) is 10.1. The van der Waals surface area contributed by atoms with E-state index < -0.39 is 11.7 Å². The fourth-order valence-corrected chi connectivity index (χ4v) is 7.78. The average Bonchev–Trinajstić information content (AvgIpc) is 3.63. The van der Waals surface area contributed by atoms with Gasteiger partial charge in [-0.15, -0.1) is 10.2 Å². The van der Waals surface area contributed by atoms with Gasteiger partial charge in [0.2, 0.25) is 0 Å². The topological polar surface area (TPSA) is 66.3 Å².